The minimum atomic E-state index is -2.92. The molecule has 0 aliphatic carbocycles. The Morgan fingerprint density at radius 1 is 1.27 bits per heavy atom. The summed E-state index contributed by atoms with van der Waals surface area (Å²) in [5.74, 6) is 0.982. The van der Waals surface area contributed by atoms with Crippen LogP contribution in [0, 0.1) is 5.92 Å². The highest BCUT2D eigenvalue weighted by molar-refractivity contribution is 8.15. The topological polar surface area (TPSA) is 87.6 Å². The first-order valence-electron chi connectivity index (χ1n) is 8.88. The van der Waals surface area contributed by atoms with Crippen LogP contribution in [0.25, 0.3) is 0 Å². The van der Waals surface area contributed by atoms with Gasteiger partial charge >= 0.3 is 0 Å². The normalized spacial score (nSPS) is 23.6. The van der Waals surface area contributed by atoms with Crippen molar-refractivity contribution in [3.63, 3.8) is 0 Å². The highest BCUT2D eigenvalue weighted by atomic mass is 32.2. The van der Waals surface area contributed by atoms with Crippen molar-refractivity contribution in [1.82, 2.24) is 5.32 Å². The van der Waals surface area contributed by atoms with E-state index in [2.05, 4.69) is 29.5 Å². The Labute approximate surface area is 159 Å². The van der Waals surface area contributed by atoms with E-state index in [1.54, 1.807) is 0 Å². The second-order valence-corrected chi connectivity index (χ2v) is 10.6. The Balaban J connectivity index is 1.49. The van der Waals surface area contributed by atoms with Gasteiger partial charge in [0, 0.05) is 17.5 Å². The summed E-state index contributed by atoms with van der Waals surface area (Å²) in [6.07, 6.45) is 1.35. The Hall–Kier alpha value is -1.54. The average molecular weight is 396 g/mol. The molecule has 2 unspecified atom stereocenters. The molecule has 1 aromatic carbocycles. The zero-order valence-electron chi connectivity index (χ0n) is 15.1. The Morgan fingerprint density at radius 2 is 2.00 bits per heavy atom. The van der Waals surface area contributed by atoms with Gasteiger partial charge in [0.15, 0.2) is 15.0 Å². The van der Waals surface area contributed by atoms with Crippen molar-refractivity contribution in [1.29, 1.82) is 0 Å². The molecule has 0 aromatic heterocycles. The van der Waals surface area contributed by atoms with Gasteiger partial charge in [0.05, 0.1) is 24.0 Å². The highest BCUT2D eigenvalue weighted by Crippen LogP contribution is 2.34. The summed E-state index contributed by atoms with van der Waals surface area (Å²) in [6, 6.07) is 7.57. The van der Waals surface area contributed by atoms with Gasteiger partial charge in [-0.15, -0.1) is 0 Å². The van der Waals surface area contributed by atoms with Gasteiger partial charge in [-0.1, -0.05) is 37.7 Å². The van der Waals surface area contributed by atoms with Crippen LogP contribution >= 0.6 is 11.8 Å². The summed E-state index contributed by atoms with van der Waals surface area (Å²) in [4.78, 5) is 16.4. The molecule has 1 fully saturated rings. The standard InChI is InChI=1S/C18H25N3O3S2/c1-12(2)7-8-19-17(22)9-13-3-5-14(6-4-13)20-18-21-15-10-26(23,24)11-16(15)25-18/h3-6,12,15-16H,7-11H2,1-2H3,(H,19,22)(H,20,21). The number of sulfone groups is 1. The van der Waals surface area contributed by atoms with Crippen LogP contribution in [0.1, 0.15) is 25.8 Å². The lowest BCUT2D eigenvalue weighted by Crippen LogP contribution is -2.26. The molecule has 1 saturated heterocycles. The minimum Gasteiger partial charge on any atom is -0.356 e. The maximum atomic E-state index is 11.9. The van der Waals surface area contributed by atoms with Gasteiger partial charge in [-0.3, -0.25) is 9.79 Å². The first-order valence-corrected chi connectivity index (χ1v) is 11.6. The van der Waals surface area contributed by atoms with Crippen LogP contribution in [-0.2, 0) is 21.1 Å². The highest BCUT2D eigenvalue weighted by Gasteiger charge is 2.42. The number of rotatable bonds is 6. The molecular weight excluding hydrogens is 370 g/mol. The number of fused-ring (bicyclic) bond motifs is 1. The largest absolute Gasteiger partial charge is 0.356 e. The molecule has 142 valence electrons. The summed E-state index contributed by atoms with van der Waals surface area (Å²) < 4.78 is 23.2. The van der Waals surface area contributed by atoms with E-state index < -0.39 is 9.84 Å². The van der Waals surface area contributed by atoms with E-state index in [-0.39, 0.29) is 28.7 Å². The average Bonchev–Trinajstić information content (AvgIpc) is 3.01. The van der Waals surface area contributed by atoms with Crippen LogP contribution in [0.4, 0.5) is 5.69 Å². The summed E-state index contributed by atoms with van der Waals surface area (Å²) >= 11 is 1.50. The van der Waals surface area contributed by atoms with Gasteiger partial charge in [0.1, 0.15) is 0 Å². The lowest BCUT2D eigenvalue weighted by molar-refractivity contribution is -0.120. The Kier molecular flexibility index (Phi) is 5.92. The van der Waals surface area contributed by atoms with Crippen molar-refractivity contribution in [2.75, 3.05) is 23.4 Å². The quantitative estimate of drug-likeness (QED) is 0.770. The van der Waals surface area contributed by atoms with E-state index in [9.17, 15) is 13.2 Å². The minimum absolute atomic E-state index is 0.0381. The lowest BCUT2D eigenvalue weighted by Gasteiger charge is -2.09. The molecule has 26 heavy (non-hydrogen) atoms. The third kappa shape index (κ3) is 5.23. The van der Waals surface area contributed by atoms with Crippen molar-refractivity contribution < 1.29 is 13.2 Å². The first kappa shape index (κ1) is 19.2. The Morgan fingerprint density at radius 3 is 2.65 bits per heavy atom. The Bertz CT molecular complexity index is 788. The SMILES string of the molecule is CC(C)CCNC(=O)Cc1ccc(NC2=NC3CS(=O)(=O)CC3S2)cc1. The first-order chi connectivity index (χ1) is 12.3. The van der Waals surface area contributed by atoms with Crippen molar-refractivity contribution in [3.05, 3.63) is 29.8 Å². The molecule has 8 heteroatoms. The van der Waals surface area contributed by atoms with Gasteiger partial charge in [-0.25, -0.2) is 8.42 Å². The van der Waals surface area contributed by atoms with E-state index in [1.807, 2.05) is 24.3 Å². The third-order valence-electron chi connectivity index (χ3n) is 4.43. The molecule has 2 heterocycles. The van der Waals surface area contributed by atoms with Crippen LogP contribution in [-0.4, -0.2) is 48.8 Å². The van der Waals surface area contributed by atoms with Crippen molar-refractivity contribution >= 4 is 38.4 Å². The number of hydrogen-bond acceptors (Lipinski definition) is 6. The van der Waals surface area contributed by atoms with Gasteiger partial charge in [0.25, 0.3) is 0 Å². The molecule has 0 saturated carbocycles. The molecular formula is C18H25N3O3S2. The molecule has 3 rings (SSSR count). The molecule has 2 N–H and O–H groups in total. The van der Waals surface area contributed by atoms with Gasteiger partial charge in [0.2, 0.25) is 5.91 Å². The third-order valence-corrected chi connectivity index (χ3v) is 7.57. The fraction of sp³-hybridized carbons (Fsp3) is 0.556. The van der Waals surface area contributed by atoms with Gasteiger partial charge in [-0.05, 0) is 30.0 Å². The van der Waals surface area contributed by atoms with Crippen LogP contribution in [0.3, 0.4) is 0 Å². The molecule has 1 amide bonds. The van der Waals surface area contributed by atoms with Crippen LogP contribution in [0.15, 0.2) is 29.3 Å². The lowest BCUT2D eigenvalue weighted by atomic mass is 10.1. The number of aliphatic imine (C=N–C) groups is 1. The molecule has 0 spiro atoms. The number of anilines is 1. The monoisotopic (exact) mass is 395 g/mol. The van der Waals surface area contributed by atoms with E-state index in [0.717, 1.165) is 22.8 Å². The van der Waals surface area contributed by atoms with Crippen molar-refractivity contribution in [2.24, 2.45) is 10.9 Å². The maximum Gasteiger partial charge on any atom is 0.224 e. The van der Waals surface area contributed by atoms with E-state index in [0.29, 0.717) is 18.9 Å². The molecule has 6 nitrogen and oxygen atoms in total. The second-order valence-electron chi connectivity index (χ2n) is 7.27. The maximum absolute atomic E-state index is 11.9. The number of amides is 1. The van der Waals surface area contributed by atoms with E-state index in [4.69, 9.17) is 0 Å². The molecule has 2 atom stereocenters. The summed E-state index contributed by atoms with van der Waals surface area (Å²) in [7, 11) is -2.92. The number of carbonyl (C=O) groups is 1. The van der Waals surface area contributed by atoms with Crippen LogP contribution in [0.2, 0.25) is 0 Å². The number of carbonyl (C=O) groups excluding carboxylic acids is 1. The van der Waals surface area contributed by atoms with Gasteiger partial charge < -0.3 is 10.6 Å². The number of nitrogens with zero attached hydrogens (tertiary/aromatic N) is 1. The summed E-state index contributed by atoms with van der Waals surface area (Å²) in [6.45, 7) is 4.99. The molecule has 0 radical (unpaired) electrons. The predicted molar refractivity (Wildman–Crippen MR) is 107 cm³/mol. The molecule has 2 aliphatic heterocycles. The zero-order chi connectivity index (χ0) is 18.7. The van der Waals surface area contributed by atoms with Crippen molar-refractivity contribution in [3.8, 4) is 0 Å². The van der Waals surface area contributed by atoms with E-state index >= 15 is 0 Å². The van der Waals surface area contributed by atoms with Crippen LogP contribution in [0.5, 0.6) is 0 Å². The number of amidine groups is 1. The number of thioether (sulfide) groups is 1. The number of nitrogens with one attached hydrogen (secondary N) is 2. The molecule has 2 aliphatic rings. The van der Waals surface area contributed by atoms with E-state index in [1.165, 1.54) is 11.8 Å². The summed E-state index contributed by atoms with van der Waals surface area (Å²) in [5.41, 5.74) is 1.85. The van der Waals surface area contributed by atoms with Gasteiger partial charge in [-0.2, -0.15) is 0 Å². The van der Waals surface area contributed by atoms with Crippen LogP contribution < -0.4 is 10.6 Å². The molecule has 1 aromatic rings. The predicted octanol–water partition coefficient (Wildman–Crippen LogP) is 2.07. The van der Waals surface area contributed by atoms with Crippen molar-refractivity contribution in [2.45, 2.75) is 38.0 Å². The fourth-order valence-corrected chi connectivity index (χ4v) is 6.67. The number of benzene rings is 1. The summed E-state index contributed by atoms with van der Waals surface area (Å²) in [5, 5.41) is 6.99. The fourth-order valence-electron chi connectivity index (χ4n) is 2.99. The number of hydrogen-bond donors (Lipinski definition) is 2. The second kappa shape index (κ2) is 8.00. The zero-order valence-corrected chi connectivity index (χ0v) is 16.7. The smallest absolute Gasteiger partial charge is 0.224 e. The molecule has 0 bridgehead atoms.